The lowest BCUT2D eigenvalue weighted by atomic mass is 9.95. The second-order valence-corrected chi connectivity index (χ2v) is 9.05. The second kappa shape index (κ2) is 6.75. The Morgan fingerprint density at radius 3 is 2.42 bits per heavy atom. The van der Waals surface area contributed by atoms with E-state index in [-0.39, 0.29) is 18.5 Å². The standard InChI is InChI=1S/C18H26N2O3S/c1-3-13-5-8-16(9-6-13)20(24(2,22)23)12-18(21)19-17-11-14-4-7-15(17)10-14/h5-6,8-9,14-15,17H,3-4,7,10-12H2,1-2H3,(H,19,21)/t14-,15-,17-/m0/s1. The molecule has 2 bridgehead atoms. The number of aryl methyl sites for hydroxylation is 1. The van der Waals surface area contributed by atoms with Crippen molar-refractivity contribution in [2.45, 2.75) is 45.1 Å². The van der Waals surface area contributed by atoms with Crippen LogP contribution in [0.5, 0.6) is 0 Å². The molecule has 0 saturated heterocycles. The third-order valence-corrected chi connectivity index (χ3v) is 6.55. The van der Waals surface area contributed by atoms with Gasteiger partial charge in [-0.3, -0.25) is 9.10 Å². The molecular formula is C18H26N2O3S. The van der Waals surface area contributed by atoms with Crippen LogP contribution >= 0.6 is 0 Å². The molecule has 6 heteroatoms. The van der Waals surface area contributed by atoms with Crippen LogP contribution in [-0.4, -0.2) is 33.2 Å². The van der Waals surface area contributed by atoms with Crippen molar-refractivity contribution in [1.82, 2.24) is 5.32 Å². The summed E-state index contributed by atoms with van der Waals surface area (Å²) in [5, 5.41) is 3.06. The smallest absolute Gasteiger partial charge is 0.241 e. The van der Waals surface area contributed by atoms with E-state index in [1.54, 1.807) is 12.1 Å². The summed E-state index contributed by atoms with van der Waals surface area (Å²) in [5.74, 6) is 1.11. The summed E-state index contributed by atoms with van der Waals surface area (Å²) in [7, 11) is -3.50. The Balaban J connectivity index is 1.68. The number of benzene rings is 1. The van der Waals surface area contributed by atoms with E-state index >= 15 is 0 Å². The highest BCUT2D eigenvalue weighted by molar-refractivity contribution is 7.92. The Kier molecular flexibility index (Phi) is 4.85. The van der Waals surface area contributed by atoms with Crippen LogP contribution in [0.1, 0.15) is 38.2 Å². The van der Waals surface area contributed by atoms with E-state index in [1.807, 2.05) is 19.1 Å². The number of nitrogens with zero attached hydrogens (tertiary/aromatic N) is 1. The SMILES string of the molecule is CCc1ccc(N(CC(=O)N[C@H]2C[C@H]3CC[C@H]2C3)S(C)(=O)=O)cc1. The molecule has 1 aromatic carbocycles. The number of hydrogen-bond donors (Lipinski definition) is 1. The Morgan fingerprint density at radius 2 is 1.92 bits per heavy atom. The Morgan fingerprint density at radius 1 is 1.21 bits per heavy atom. The van der Waals surface area contributed by atoms with Crippen molar-refractivity contribution < 1.29 is 13.2 Å². The highest BCUT2D eigenvalue weighted by Gasteiger charge is 2.40. The zero-order valence-electron chi connectivity index (χ0n) is 14.4. The topological polar surface area (TPSA) is 66.5 Å². The van der Waals surface area contributed by atoms with Crippen molar-refractivity contribution >= 4 is 21.6 Å². The number of fused-ring (bicyclic) bond motifs is 2. The molecule has 3 atom stereocenters. The first-order valence-electron chi connectivity index (χ1n) is 8.73. The van der Waals surface area contributed by atoms with E-state index < -0.39 is 10.0 Å². The predicted molar refractivity (Wildman–Crippen MR) is 95.4 cm³/mol. The summed E-state index contributed by atoms with van der Waals surface area (Å²) < 4.78 is 25.5. The van der Waals surface area contributed by atoms with Crippen LogP contribution in [-0.2, 0) is 21.2 Å². The maximum atomic E-state index is 12.4. The van der Waals surface area contributed by atoms with Gasteiger partial charge >= 0.3 is 0 Å². The van der Waals surface area contributed by atoms with Gasteiger partial charge in [0, 0.05) is 6.04 Å². The number of amides is 1. The van der Waals surface area contributed by atoms with E-state index in [4.69, 9.17) is 0 Å². The van der Waals surface area contributed by atoms with E-state index in [0.29, 0.717) is 11.6 Å². The molecule has 132 valence electrons. The molecule has 3 rings (SSSR count). The minimum atomic E-state index is -3.50. The van der Waals surface area contributed by atoms with Crippen LogP contribution in [0, 0.1) is 11.8 Å². The zero-order chi connectivity index (χ0) is 17.3. The quantitative estimate of drug-likeness (QED) is 0.856. The normalized spacial score (nSPS) is 25.7. The monoisotopic (exact) mass is 350 g/mol. The second-order valence-electron chi connectivity index (χ2n) is 7.14. The van der Waals surface area contributed by atoms with Crippen LogP contribution in [0.25, 0.3) is 0 Å². The van der Waals surface area contributed by atoms with Gasteiger partial charge in [0.2, 0.25) is 15.9 Å². The molecule has 0 radical (unpaired) electrons. The molecular weight excluding hydrogens is 324 g/mol. The number of sulfonamides is 1. The maximum absolute atomic E-state index is 12.4. The van der Waals surface area contributed by atoms with Gasteiger partial charge < -0.3 is 5.32 Å². The van der Waals surface area contributed by atoms with Gasteiger partial charge in [0.1, 0.15) is 6.54 Å². The minimum Gasteiger partial charge on any atom is -0.352 e. The molecule has 0 heterocycles. The third-order valence-electron chi connectivity index (χ3n) is 5.40. The molecule has 0 unspecified atom stereocenters. The summed E-state index contributed by atoms with van der Waals surface area (Å²) in [6.07, 6.45) is 6.75. The molecule has 2 fully saturated rings. The summed E-state index contributed by atoms with van der Waals surface area (Å²) in [4.78, 5) is 12.4. The number of anilines is 1. The largest absolute Gasteiger partial charge is 0.352 e. The van der Waals surface area contributed by atoms with Crippen molar-refractivity contribution in [1.29, 1.82) is 0 Å². The number of nitrogens with one attached hydrogen (secondary N) is 1. The van der Waals surface area contributed by atoms with Gasteiger partial charge in [0.25, 0.3) is 0 Å². The molecule has 0 aliphatic heterocycles. The summed E-state index contributed by atoms with van der Waals surface area (Å²) >= 11 is 0. The Bertz CT molecular complexity index is 699. The summed E-state index contributed by atoms with van der Waals surface area (Å²) in [6.45, 7) is 1.89. The van der Waals surface area contributed by atoms with Crippen LogP contribution in [0.3, 0.4) is 0 Å². The Labute approximate surface area is 144 Å². The van der Waals surface area contributed by atoms with Gasteiger partial charge in [-0.1, -0.05) is 25.5 Å². The van der Waals surface area contributed by atoms with Crippen LogP contribution < -0.4 is 9.62 Å². The predicted octanol–water partition coefficient (Wildman–Crippen LogP) is 2.32. The van der Waals surface area contributed by atoms with Gasteiger partial charge in [0.15, 0.2) is 0 Å². The fraction of sp³-hybridized carbons (Fsp3) is 0.611. The van der Waals surface area contributed by atoms with E-state index in [0.717, 1.165) is 30.6 Å². The Hall–Kier alpha value is -1.56. The van der Waals surface area contributed by atoms with E-state index in [9.17, 15) is 13.2 Å². The van der Waals surface area contributed by atoms with Crippen LogP contribution in [0.2, 0.25) is 0 Å². The molecule has 5 nitrogen and oxygen atoms in total. The molecule has 2 aliphatic carbocycles. The molecule has 1 amide bonds. The zero-order valence-corrected chi connectivity index (χ0v) is 15.2. The molecule has 2 saturated carbocycles. The number of hydrogen-bond acceptors (Lipinski definition) is 3. The van der Waals surface area contributed by atoms with Crippen molar-refractivity contribution in [2.75, 3.05) is 17.1 Å². The van der Waals surface area contributed by atoms with E-state index in [2.05, 4.69) is 5.32 Å². The average Bonchev–Trinajstić information content (AvgIpc) is 3.14. The van der Waals surface area contributed by atoms with Gasteiger partial charge in [0.05, 0.1) is 11.9 Å². The lowest BCUT2D eigenvalue weighted by molar-refractivity contribution is -0.120. The minimum absolute atomic E-state index is 0.155. The van der Waals surface area contributed by atoms with Crippen LogP contribution in [0.4, 0.5) is 5.69 Å². The maximum Gasteiger partial charge on any atom is 0.241 e. The van der Waals surface area contributed by atoms with Gasteiger partial charge in [-0.15, -0.1) is 0 Å². The fourth-order valence-corrected chi connectivity index (χ4v) is 4.96. The van der Waals surface area contributed by atoms with Crippen molar-refractivity contribution in [2.24, 2.45) is 11.8 Å². The number of carbonyl (C=O) groups is 1. The molecule has 1 aromatic rings. The molecule has 24 heavy (non-hydrogen) atoms. The first kappa shape index (κ1) is 17.3. The van der Waals surface area contributed by atoms with Gasteiger partial charge in [-0.2, -0.15) is 0 Å². The van der Waals surface area contributed by atoms with Crippen molar-refractivity contribution in [3.05, 3.63) is 29.8 Å². The van der Waals surface area contributed by atoms with Gasteiger partial charge in [-0.25, -0.2) is 8.42 Å². The van der Waals surface area contributed by atoms with Gasteiger partial charge in [-0.05, 0) is 55.2 Å². The lowest BCUT2D eigenvalue weighted by Crippen LogP contribution is -2.45. The highest BCUT2D eigenvalue weighted by Crippen LogP contribution is 2.44. The molecule has 1 N–H and O–H groups in total. The summed E-state index contributed by atoms with van der Waals surface area (Å²) in [5.41, 5.74) is 1.68. The number of rotatable bonds is 6. The summed E-state index contributed by atoms with van der Waals surface area (Å²) in [6, 6.07) is 7.57. The highest BCUT2D eigenvalue weighted by atomic mass is 32.2. The van der Waals surface area contributed by atoms with Crippen molar-refractivity contribution in [3.8, 4) is 0 Å². The average molecular weight is 350 g/mol. The van der Waals surface area contributed by atoms with E-state index in [1.165, 1.54) is 23.6 Å². The molecule has 0 spiro atoms. The first-order valence-corrected chi connectivity index (χ1v) is 10.6. The molecule has 0 aromatic heterocycles. The lowest BCUT2D eigenvalue weighted by Gasteiger charge is -2.26. The third kappa shape index (κ3) is 3.74. The fourth-order valence-electron chi connectivity index (χ4n) is 4.10. The van der Waals surface area contributed by atoms with Crippen LogP contribution in [0.15, 0.2) is 24.3 Å². The number of carbonyl (C=O) groups excluding carboxylic acids is 1. The first-order chi connectivity index (χ1) is 11.4. The molecule has 2 aliphatic rings. The van der Waals surface area contributed by atoms with Crippen molar-refractivity contribution in [3.63, 3.8) is 0 Å².